The molecule has 0 spiro atoms. The van der Waals surface area contributed by atoms with Gasteiger partial charge in [0.25, 0.3) is 0 Å². The Kier molecular flexibility index (Phi) is 7.79. The van der Waals surface area contributed by atoms with E-state index < -0.39 is 0 Å². The molecule has 0 radical (unpaired) electrons. The summed E-state index contributed by atoms with van der Waals surface area (Å²) >= 11 is 0. The van der Waals surface area contributed by atoms with Crippen molar-refractivity contribution in [2.24, 2.45) is 32.2 Å². The lowest BCUT2D eigenvalue weighted by atomic mass is 9.88. The van der Waals surface area contributed by atoms with Gasteiger partial charge in [0.05, 0.1) is 0 Å². The summed E-state index contributed by atoms with van der Waals surface area (Å²) in [6.07, 6.45) is 9.74. The molecule has 7 nitrogen and oxygen atoms in total. The molecule has 5 rings (SSSR count). The lowest BCUT2D eigenvalue weighted by molar-refractivity contribution is 0.125. The number of piperidine rings is 3. The first-order valence-corrected chi connectivity index (χ1v) is 12.0. The maximum absolute atomic E-state index is 4.35. The minimum atomic E-state index is 0.698. The van der Waals surface area contributed by atoms with Gasteiger partial charge in [0, 0.05) is 53.6 Å². The standard InChI is InChI=1S/C14H24N4.C9H15N3/c1-11-10-14(17-16-11)12-4-8-18(9-5-12)13-2-6-15-7-3-13;1-7-6-9(12-11-7)8-2-4-10-5-3-8/h12-13,15H,2-10H2,1H3;8,10H,2-6H2,1H3. The second-order valence-corrected chi connectivity index (χ2v) is 9.52. The van der Waals surface area contributed by atoms with Crippen molar-refractivity contribution in [2.75, 3.05) is 39.3 Å². The van der Waals surface area contributed by atoms with E-state index in [1.807, 2.05) is 0 Å². The molecule has 5 aliphatic heterocycles. The molecule has 7 heteroatoms. The highest BCUT2D eigenvalue weighted by Crippen LogP contribution is 2.26. The van der Waals surface area contributed by atoms with E-state index in [0.717, 1.165) is 32.0 Å². The summed E-state index contributed by atoms with van der Waals surface area (Å²) in [4.78, 5) is 2.71. The summed E-state index contributed by atoms with van der Waals surface area (Å²) < 4.78 is 0. The van der Waals surface area contributed by atoms with Crippen LogP contribution >= 0.6 is 0 Å². The molecule has 0 aliphatic carbocycles. The van der Waals surface area contributed by atoms with Gasteiger partial charge in [0.15, 0.2) is 0 Å². The van der Waals surface area contributed by atoms with E-state index >= 15 is 0 Å². The highest BCUT2D eigenvalue weighted by atomic mass is 15.2. The average molecular weight is 414 g/mol. The molecular formula is C23H39N7. The minimum Gasteiger partial charge on any atom is -0.317 e. The number of rotatable bonds is 3. The second kappa shape index (κ2) is 10.7. The van der Waals surface area contributed by atoms with Crippen LogP contribution in [0.1, 0.15) is 65.2 Å². The Morgan fingerprint density at radius 3 is 1.57 bits per heavy atom. The van der Waals surface area contributed by atoms with Gasteiger partial charge in [-0.25, -0.2) is 0 Å². The van der Waals surface area contributed by atoms with E-state index in [1.54, 1.807) is 0 Å². The van der Waals surface area contributed by atoms with Gasteiger partial charge in [-0.3, -0.25) is 0 Å². The van der Waals surface area contributed by atoms with Gasteiger partial charge in [0.1, 0.15) is 0 Å². The first-order chi connectivity index (χ1) is 14.7. The third kappa shape index (κ3) is 5.83. The molecule has 2 N–H and O–H groups in total. The summed E-state index contributed by atoms with van der Waals surface area (Å²) in [5, 5.41) is 23.6. The van der Waals surface area contributed by atoms with Crippen molar-refractivity contribution in [3.8, 4) is 0 Å². The van der Waals surface area contributed by atoms with E-state index in [4.69, 9.17) is 0 Å². The summed E-state index contributed by atoms with van der Waals surface area (Å²) in [6.45, 7) is 11.3. The Hall–Kier alpha value is -1.44. The Balaban J connectivity index is 0.000000158. The molecule has 166 valence electrons. The molecule has 0 aromatic carbocycles. The van der Waals surface area contributed by atoms with Crippen LogP contribution in [-0.4, -0.2) is 73.1 Å². The van der Waals surface area contributed by atoms with Crippen molar-refractivity contribution in [3.63, 3.8) is 0 Å². The molecule has 30 heavy (non-hydrogen) atoms. The van der Waals surface area contributed by atoms with Crippen LogP contribution in [0, 0.1) is 11.8 Å². The normalized spacial score (nSPS) is 27.1. The molecule has 5 heterocycles. The quantitative estimate of drug-likeness (QED) is 0.747. The van der Waals surface area contributed by atoms with Crippen molar-refractivity contribution in [2.45, 2.75) is 71.3 Å². The number of hydrogen-bond donors (Lipinski definition) is 2. The monoisotopic (exact) mass is 413 g/mol. The number of hydrogen-bond acceptors (Lipinski definition) is 7. The fraction of sp³-hybridized carbons (Fsp3) is 0.826. The predicted octanol–water partition coefficient (Wildman–Crippen LogP) is 2.88. The van der Waals surface area contributed by atoms with Crippen LogP contribution in [0.3, 0.4) is 0 Å². The zero-order valence-corrected chi connectivity index (χ0v) is 18.9. The van der Waals surface area contributed by atoms with Crippen molar-refractivity contribution in [1.29, 1.82) is 0 Å². The average Bonchev–Trinajstić information content (AvgIpc) is 3.44. The van der Waals surface area contributed by atoms with E-state index in [1.165, 1.54) is 87.6 Å². The lowest BCUT2D eigenvalue weighted by Crippen LogP contribution is -2.47. The Bertz CT molecular complexity index is 688. The molecule has 5 aliphatic rings. The third-order valence-corrected chi connectivity index (χ3v) is 7.21. The van der Waals surface area contributed by atoms with Gasteiger partial charge in [-0.1, -0.05) is 0 Å². The molecule has 0 bridgehead atoms. The molecular weight excluding hydrogens is 374 g/mol. The van der Waals surface area contributed by atoms with Crippen LogP contribution in [-0.2, 0) is 0 Å². The van der Waals surface area contributed by atoms with Crippen LogP contribution in [0.25, 0.3) is 0 Å². The van der Waals surface area contributed by atoms with E-state index in [0.29, 0.717) is 11.8 Å². The molecule has 0 aromatic heterocycles. The Morgan fingerprint density at radius 2 is 1.10 bits per heavy atom. The zero-order chi connectivity index (χ0) is 20.8. The molecule has 3 saturated heterocycles. The molecule has 0 amide bonds. The first kappa shape index (κ1) is 21.8. The number of likely N-dealkylation sites (tertiary alicyclic amines) is 1. The van der Waals surface area contributed by atoms with Crippen molar-refractivity contribution < 1.29 is 0 Å². The maximum Gasteiger partial charge on any atom is 0.0494 e. The largest absolute Gasteiger partial charge is 0.317 e. The topological polar surface area (TPSA) is 76.7 Å². The molecule has 0 aromatic rings. The van der Waals surface area contributed by atoms with Gasteiger partial charge in [-0.05, 0) is 91.6 Å². The van der Waals surface area contributed by atoms with E-state index in [-0.39, 0.29) is 0 Å². The van der Waals surface area contributed by atoms with Gasteiger partial charge in [-0.2, -0.15) is 20.4 Å². The number of nitrogens with zero attached hydrogens (tertiary/aromatic N) is 5. The summed E-state index contributed by atoms with van der Waals surface area (Å²) in [5.41, 5.74) is 5.01. The van der Waals surface area contributed by atoms with Crippen LogP contribution in [0.15, 0.2) is 20.4 Å². The Morgan fingerprint density at radius 1 is 0.633 bits per heavy atom. The SMILES string of the molecule is CC1=NN=C(C2CCN(C3CCNCC3)CC2)C1.CC1=NN=C(C2CCNCC2)C1. The lowest BCUT2D eigenvalue weighted by Gasteiger charge is -2.39. The van der Waals surface area contributed by atoms with Crippen molar-refractivity contribution in [3.05, 3.63) is 0 Å². The molecule has 0 unspecified atom stereocenters. The first-order valence-electron chi connectivity index (χ1n) is 12.0. The third-order valence-electron chi connectivity index (χ3n) is 7.21. The van der Waals surface area contributed by atoms with Gasteiger partial charge in [-0.15, -0.1) is 0 Å². The molecule has 3 fully saturated rings. The molecule has 0 atom stereocenters. The summed E-state index contributed by atoms with van der Waals surface area (Å²) in [6, 6.07) is 0.829. The van der Waals surface area contributed by atoms with E-state index in [2.05, 4.69) is 49.8 Å². The second-order valence-electron chi connectivity index (χ2n) is 9.52. The van der Waals surface area contributed by atoms with Crippen molar-refractivity contribution in [1.82, 2.24) is 15.5 Å². The number of nitrogens with one attached hydrogen (secondary N) is 2. The minimum absolute atomic E-state index is 0.698. The smallest absolute Gasteiger partial charge is 0.0494 e. The summed E-state index contributed by atoms with van der Waals surface area (Å²) in [7, 11) is 0. The summed E-state index contributed by atoms with van der Waals surface area (Å²) in [5.74, 6) is 1.40. The predicted molar refractivity (Wildman–Crippen MR) is 126 cm³/mol. The van der Waals surface area contributed by atoms with Crippen LogP contribution < -0.4 is 10.6 Å². The fourth-order valence-corrected chi connectivity index (χ4v) is 5.34. The zero-order valence-electron chi connectivity index (χ0n) is 18.9. The van der Waals surface area contributed by atoms with Crippen LogP contribution in [0.5, 0.6) is 0 Å². The van der Waals surface area contributed by atoms with Gasteiger partial charge in [0.2, 0.25) is 0 Å². The molecule has 0 saturated carbocycles. The van der Waals surface area contributed by atoms with Gasteiger partial charge < -0.3 is 15.5 Å². The Labute approximate surface area is 181 Å². The van der Waals surface area contributed by atoms with E-state index in [9.17, 15) is 0 Å². The fourth-order valence-electron chi connectivity index (χ4n) is 5.34. The van der Waals surface area contributed by atoms with Crippen molar-refractivity contribution >= 4 is 22.8 Å². The maximum atomic E-state index is 4.35. The van der Waals surface area contributed by atoms with Crippen LogP contribution in [0.2, 0.25) is 0 Å². The highest BCUT2D eigenvalue weighted by molar-refractivity contribution is 6.07. The van der Waals surface area contributed by atoms with Crippen LogP contribution in [0.4, 0.5) is 0 Å². The van der Waals surface area contributed by atoms with Gasteiger partial charge >= 0.3 is 0 Å². The highest BCUT2D eigenvalue weighted by Gasteiger charge is 2.29.